The Labute approximate surface area is 126 Å². The molecule has 2 fully saturated rings. The molecular formula is C17H24N2O2. The molecule has 1 saturated heterocycles. The lowest BCUT2D eigenvalue weighted by atomic mass is 9.93. The molecule has 1 aliphatic carbocycles. The molecule has 4 rings (SSSR count). The highest BCUT2D eigenvalue weighted by molar-refractivity contribution is 5.44. The van der Waals surface area contributed by atoms with Gasteiger partial charge in [0.1, 0.15) is 0 Å². The van der Waals surface area contributed by atoms with Crippen LogP contribution in [0.2, 0.25) is 0 Å². The van der Waals surface area contributed by atoms with E-state index in [4.69, 9.17) is 9.47 Å². The van der Waals surface area contributed by atoms with Crippen molar-refractivity contribution in [3.8, 4) is 11.5 Å². The fourth-order valence-corrected chi connectivity index (χ4v) is 4.10. The Hall–Kier alpha value is -1.26. The molecule has 0 spiro atoms. The molecule has 0 radical (unpaired) electrons. The summed E-state index contributed by atoms with van der Waals surface area (Å²) in [5.41, 5.74) is 1.28. The number of fused-ring (bicyclic) bond motifs is 1. The quantitative estimate of drug-likeness (QED) is 0.893. The smallest absolute Gasteiger partial charge is 0.231 e. The number of hydrogen-bond donors (Lipinski definition) is 2. The first-order valence-electron chi connectivity index (χ1n) is 8.25. The van der Waals surface area contributed by atoms with Gasteiger partial charge in [-0.3, -0.25) is 0 Å². The van der Waals surface area contributed by atoms with Gasteiger partial charge >= 0.3 is 0 Å². The van der Waals surface area contributed by atoms with E-state index in [2.05, 4.69) is 22.8 Å². The van der Waals surface area contributed by atoms with E-state index in [0.717, 1.165) is 30.0 Å². The standard InChI is InChI=1S/C17H24N2O2/c1-3-13(14-5-2-8-18-14)15(4-1)19-10-12-6-7-16-17(9-12)21-11-20-16/h6-7,9,13-15,18-19H,1-5,8,10-11H2. The lowest BCUT2D eigenvalue weighted by Crippen LogP contribution is -2.41. The highest BCUT2D eigenvalue weighted by Crippen LogP contribution is 2.34. The number of benzene rings is 1. The average Bonchev–Trinajstić information content (AvgIpc) is 3.24. The predicted octanol–water partition coefficient (Wildman–Crippen LogP) is 2.43. The maximum atomic E-state index is 5.45. The summed E-state index contributed by atoms with van der Waals surface area (Å²) < 4.78 is 10.8. The molecule has 3 unspecified atom stereocenters. The van der Waals surface area contributed by atoms with Crippen molar-refractivity contribution in [3.63, 3.8) is 0 Å². The fraction of sp³-hybridized carbons (Fsp3) is 0.647. The van der Waals surface area contributed by atoms with Gasteiger partial charge < -0.3 is 20.1 Å². The Morgan fingerprint density at radius 1 is 1.10 bits per heavy atom. The van der Waals surface area contributed by atoms with E-state index in [1.54, 1.807) is 0 Å². The molecule has 1 aromatic carbocycles. The minimum absolute atomic E-state index is 0.351. The van der Waals surface area contributed by atoms with Gasteiger partial charge in [-0.15, -0.1) is 0 Å². The normalized spacial score (nSPS) is 31.0. The van der Waals surface area contributed by atoms with Crippen LogP contribution >= 0.6 is 0 Å². The van der Waals surface area contributed by atoms with E-state index in [-0.39, 0.29) is 0 Å². The highest BCUT2D eigenvalue weighted by Gasteiger charge is 2.34. The van der Waals surface area contributed by atoms with Crippen LogP contribution in [0.4, 0.5) is 0 Å². The third kappa shape index (κ3) is 2.74. The van der Waals surface area contributed by atoms with Crippen molar-refractivity contribution in [2.24, 2.45) is 5.92 Å². The van der Waals surface area contributed by atoms with Gasteiger partial charge in [-0.25, -0.2) is 0 Å². The van der Waals surface area contributed by atoms with Gasteiger partial charge in [0.2, 0.25) is 6.79 Å². The van der Waals surface area contributed by atoms with Gasteiger partial charge in [0.25, 0.3) is 0 Å². The van der Waals surface area contributed by atoms with E-state index in [1.807, 2.05) is 6.07 Å². The van der Waals surface area contributed by atoms with E-state index < -0.39 is 0 Å². The maximum absolute atomic E-state index is 5.45. The first-order valence-corrected chi connectivity index (χ1v) is 8.25. The van der Waals surface area contributed by atoms with Crippen LogP contribution < -0.4 is 20.1 Å². The van der Waals surface area contributed by atoms with Gasteiger partial charge in [-0.2, -0.15) is 0 Å². The molecule has 0 bridgehead atoms. The second-order valence-electron chi connectivity index (χ2n) is 6.47. The van der Waals surface area contributed by atoms with Crippen molar-refractivity contribution in [3.05, 3.63) is 23.8 Å². The van der Waals surface area contributed by atoms with E-state index in [0.29, 0.717) is 12.8 Å². The molecule has 1 aromatic rings. The minimum atomic E-state index is 0.351. The van der Waals surface area contributed by atoms with Crippen LogP contribution in [0.3, 0.4) is 0 Å². The Morgan fingerprint density at radius 2 is 2.05 bits per heavy atom. The molecule has 0 amide bonds. The summed E-state index contributed by atoms with van der Waals surface area (Å²) in [7, 11) is 0. The van der Waals surface area contributed by atoms with Crippen LogP contribution in [0.25, 0.3) is 0 Å². The van der Waals surface area contributed by atoms with Crippen LogP contribution in [0, 0.1) is 5.92 Å². The summed E-state index contributed by atoms with van der Waals surface area (Å²) in [6.07, 6.45) is 6.74. The maximum Gasteiger partial charge on any atom is 0.231 e. The number of ether oxygens (including phenoxy) is 2. The third-order valence-electron chi connectivity index (χ3n) is 5.19. The third-order valence-corrected chi connectivity index (χ3v) is 5.19. The summed E-state index contributed by atoms with van der Waals surface area (Å²) in [4.78, 5) is 0. The molecule has 3 aliphatic rings. The Kier molecular flexibility index (Phi) is 3.74. The zero-order chi connectivity index (χ0) is 14.1. The molecule has 2 aliphatic heterocycles. The van der Waals surface area contributed by atoms with Crippen molar-refractivity contribution in [1.82, 2.24) is 10.6 Å². The van der Waals surface area contributed by atoms with Crippen molar-refractivity contribution in [2.45, 2.75) is 50.7 Å². The summed E-state index contributed by atoms with van der Waals surface area (Å²) in [6.45, 7) is 2.48. The number of hydrogen-bond acceptors (Lipinski definition) is 4. The van der Waals surface area contributed by atoms with Crippen LogP contribution in [-0.4, -0.2) is 25.4 Å². The molecule has 2 heterocycles. The zero-order valence-corrected chi connectivity index (χ0v) is 12.4. The Morgan fingerprint density at radius 3 is 2.95 bits per heavy atom. The van der Waals surface area contributed by atoms with Crippen LogP contribution in [0.15, 0.2) is 18.2 Å². The average molecular weight is 288 g/mol. The summed E-state index contributed by atoms with van der Waals surface area (Å²) in [5.74, 6) is 2.56. The van der Waals surface area contributed by atoms with Gasteiger partial charge in [0, 0.05) is 18.6 Å². The highest BCUT2D eigenvalue weighted by atomic mass is 16.7. The van der Waals surface area contributed by atoms with E-state index in [1.165, 1.54) is 44.2 Å². The van der Waals surface area contributed by atoms with Gasteiger partial charge in [0.15, 0.2) is 11.5 Å². The van der Waals surface area contributed by atoms with Crippen LogP contribution in [0.5, 0.6) is 11.5 Å². The molecule has 2 N–H and O–H groups in total. The van der Waals surface area contributed by atoms with E-state index >= 15 is 0 Å². The Bertz CT molecular complexity index is 500. The lowest BCUT2D eigenvalue weighted by molar-refractivity contribution is 0.174. The first kappa shape index (κ1) is 13.4. The second kappa shape index (κ2) is 5.85. The SMILES string of the molecule is c1cc2c(cc1CNC1CCCC1C1CCCN1)OCO2. The number of rotatable bonds is 4. The minimum Gasteiger partial charge on any atom is -0.454 e. The van der Waals surface area contributed by atoms with Crippen molar-refractivity contribution in [1.29, 1.82) is 0 Å². The fourth-order valence-electron chi connectivity index (χ4n) is 4.10. The largest absolute Gasteiger partial charge is 0.454 e. The van der Waals surface area contributed by atoms with Crippen LogP contribution in [-0.2, 0) is 6.54 Å². The van der Waals surface area contributed by atoms with E-state index in [9.17, 15) is 0 Å². The topological polar surface area (TPSA) is 42.5 Å². The summed E-state index contributed by atoms with van der Waals surface area (Å²) in [6, 6.07) is 7.66. The second-order valence-corrected chi connectivity index (χ2v) is 6.47. The van der Waals surface area contributed by atoms with Crippen molar-refractivity contribution < 1.29 is 9.47 Å². The molecule has 0 aromatic heterocycles. The summed E-state index contributed by atoms with van der Waals surface area (Å²) in [5, 5.41) is 7.46. The molecule has 114 valence electrons. The number of nitrogens with one attached hydrogen (secondary N) is 2. The van der Waals surface area contributed by atoms with Gasteiger partial charge in [-0.05, 0) is 55.8 Å². The zero-order valence-electron chi connectivity index (χ0n) is 12.4. The van der Waals surface area contributed by atoms with Crippen LogP contribution in [0.1, 0.15) is 37.7 Å². The van der Waals surface area contributed by atoms with Crippen molar-refractivity contribution in [2.75, 3.05) is 13.3 Å². The molecule has 1 saturated carbocycles. The van der Waals surface area contributed by atoms with Gasteiger partial charge in [-0.1, -0.05) is 12.5 Å². The van der Waals surface area contributed by atoms with Crippen molar-refractivity contribution >= 4 is 0 Å². The Balaban J connectivity index is 1.37. The first-order chi connectivity index (χ1) is 10.4. The molecule has 4 nitrogen and oxygen atoms in total. The lowest BCUT2D eigenvalue weighted by Gasteiger charge is -2.26. The molecule has 21 heavy (non-hydrogen) atoms. The molecule has 4 heteroatoms. The van der Waals surface area contributed by atoms with Gasteiger partial charge in [0.05, 0.1) is 0 Å². The summed E-state index contributed by atoms with van der Waals surface area (Å²) >= 11 is 0. The predicted molar refractivity (Wildman–Crippen MR) is 81.6 cm³/mol. The molecule has 3 atom stereocenters. The molecular weight excluding hydrogens is 264 g/mol. The monoisotopic (exact) mass is 288 g/mol.